The number of aliphatic hydroxyl groups is 1. The molecule has 11 heavy (non-hydrogen) atoms. The van der Waals surface area contributed by atoms with Gasteiger partial charge in [-0.2, -0.15) is 5.10 Å². The van der Waals surface area contributed by atoms with E-state index in [9.17, 15) is 0 Å². The summed E-state index contributed by atoms with van der Waals surface area (Å²) in [5.41, 5.74) is 1.96. The number of hydrogen-bond donors (Lipinski definition) is 1. The fourth-order valence-corrected chi connectivity index (χ4v) is 1.09. The smallest absolute Gasteiger partial charge is 0.0910 e. The van der Waals surface area contributed by atoms with E-state index in [-0.39, 0.29) is 6.61 Å². The van der Waals surface area contributed by atoms with Gasteiger partial charge in [-0.05, 0) is 18.9 Å². The molecule has 0 atom stereocenters. The molecule has 0 fully saturated rings. The van der Waals surface area contributed by atoms with E-state index in [1.54, 1.807) is 0 Å². The first-order valence-electron chi connectivity index (χ1n) is 3.97. The fourth-order valence-electron chi connectivity index (χ4n) is 1.09. The normalized spacial score (nSPS) is 10.5. The summed E-state index contributed by atoms with van der Waals surface area (Å²) in [7, 11) is 0. The van der Waals surface area contributed by atoms with Crippen molar-refractivity contribution in [3.8, 4) is 0 Å². The van der Waals surface area contributed by atoms with Gasteiger partial charge in [-0.3, -0.25) is 4.68 Å². The van der Waals surface area contributed by atoms with Crippen LogP contribution in [0.2, 0.25) is 0 Å². The second kappa shape index (κ2) is 3.53. The van der Waals surface area contributed by atoms with Crippen LogP contribution in [0.15, 0.2) is 6.20 Å². The molecule has 1 aromatic heterocycles. The predicted molar refractivity (Wildman–Crippen MR) is 43.2 cm³/mol. The zero-order valence-electron chi connectivity index (χ0n) is 7.04. The van der Waals surface area contributed by atoms with Crippen molar-refractivity contribution >= 4 is 0 Å². The zero-order chi connectivity index (χ0) is 8.27. The number of aromatic nitrogens is 2. The van der Waals surface area contributed by atoms with Gasteiger partial charge in [0.15, 0.2) is 0 Å². The lowest BCUT2D eigenvalue weighted by molar-refractivity contribution is 0.274. The number of aryl methyl sites for hydroxylation is 2. The molecule has 0 saturated carbocycles. The van der Waals surface area contributed by atoms with Crippen molar-refractivity contribution < 1.29 is 5.11 Å². The van der Waals surface area contributed by atoms with Crippen LogP contribution in [0.4, 0.5) is 0 Å². The van der Waals surface area contributed by atoms with Crippen LogP contribution in [-0.4, -0.2) is 14.9 Å². The number of nitrogens with zero attached hydrogens (tertiary/aromatic N) is 2. The van der Waals surface area contributed by atoms with E-state index in [1.165, 1.54) is 0 Å². The summed E-state index contributed by atoms with van der Waals surface area (Å²) in [6, 6.07) is 0. The highest BCUT2D eigenvalue weighted by Crippen LogP contribution is 2.06. The van der Waals surface area contributed by atoms with E-state index in [0.29, 0.717) is 0 Å². The summed E-state index contributed by atoms with van der Waals surface area (Å²) >= 11 is 0. The van der Waals surface area contributed by atoms with Crippen LogP contribution in [0.1, 0.15) is 25.1 Å². The second-order valence-electron chi connectivity index (χ2n) is 2.47. The molecule has 1 N–H and O–H groups in total. The Bertz CT molecular complexity index is 208. The third-order valence-corrected chi connectivity index (χ3v) is 1.78. The Hall–Kier alpha value is -0.830. The highest BCUT2D eigenvalue weighted by molar-refractivity contribution is 5.15. The first-order valence-corrected chi connectivity index (χ1v) is 3.97. The molecule has 0 aliphatic heterocycles. The lowest BCUT2D eigenvalue weighted by Crippen LogP contribution is -1.95. The quantitative estimate of drug-likeness (QED) is 0.704. The SMILES string of the molecule is CCc1cn(CC)nc1CO. The summed E-state index contributed by atoms with van der Waals surface area (Å²) in [6.07, 6.45) is 2.93. The molecule has 1 heterocycles. The minimum absolute atomic E-state index is 0.0518. The van der Waals surface area contributed by atoms with Crippen molar-refractivity contribution in [1.29, 1.82) is 0 Å². The van der Waals surface area contributed by atoms with Gasteiger partial charge in [0.05, 0.1) is 12.3 Å². The largest absolute Gasteiger partial charge is 0.390 e. The molecular formula is C8H14N2O. The number of aliphatic hydroxyl groups excluding tert-OH is 1. The first-order chi connectivity index (χ1) is 5.31. The van der Waals surface area contributed by atoms with Crippen molar-refractivity contribution in [2.75, 3.05) is 0 Å². The molecule has 0 unspecified atom stereocenters. The molecule has 1 aromatic rings. The van der Waals surface area contributed by atoms with Gasteiger partial charge in [0.2, 0.25) is 0 Å². The average Bonchev–Trinajstić information content (AvgIpc) is 2.46. The number of hydrogen-bond acceptors (Lipinski definition) is 2. The van der Waals surface area contributed by atoms with Crippen LogP contribution in [0.3, 0.4) is 0 Å². The molecule has 0 aliphatic carbocycles. The van der Waals surface area contributed by atoms with Crippen molar-refractivity contribution in [2.45, 2.75) is 33.4 Å². The number of rotatable bonds is 3. The summed E-state index contributed by atoms with van der Waals surface area (Å²) in [4.78, 5) is 0. The van der Waals surface area contributed by atoms with E-state index < -0.39 is 0 Å². The Morgan fingerprint density at radius 2 is 2.27 bits per heavy atom. The molecule has 3 nitrogen and oxygen atoms in total. The Kier molecular flexibility index (Phi) is 2.65. The van der Waals surface area contributed by atoms with Gasteiger partial charge in [0, 0.05) is 12.7 Å². The summed E-state index contributed by atoms with van der Waals surface area (Å²) in [5, 5.41) is 13.1. The topological polar surface area (TPSA) is 38.0 Å². The van der Waals surface area contributed by atoms with Crippen LogP contribution in [0.25, 0.3) is 0 Å². The van der Waals surface area contributed by atoms with Crippen LogP contribution < -0.4 is 0 Å². The lowest BCUT2D eigenvalue weighted by atomic mass is 10.2. The van der Waals surface area contributed by atoms with Crippen LogP contribution in [0.5, 0.6) is 0 Å². The molecule has 0 spiro atoms. The molecule has 0 saturated heterocycles. The zero-order valence-corrected chi connectivity index (χ0v) is 7.04. The van der Waals surface area contributed by atoms with Gasteiger partial charge in [-0.25, -0.2) is 0 Å². The maximum Gasteiger partial charge on any atom is 0.0910 e. The van der Waals surface area contributed by atoms with Gasteiger partial charge in [0.1, 0.15) is 0 Å². The molecular weight excluding hydrogens is 140 g/mol. The monoisotopic (exact) mass is 154 g/mol. The third kappa shape index (κ3) is 1.60. The first kappa shape index (κ1) is 8.27. The Morgan fingerprint density at radius 1 is 1.55 bits per heavy atom. The standard InChI is InChI=1S/C8H14N2O/c1-3-7-5-10(4-2)9-8(7)6-11/h5,11H,3-4,6H2,1-2H3. The average molecular weight is 154 g/mol. The molecule has 0 bridgehead atoms. The van der Waals surface area contributed by atoms with Crippen LogP contribution in [0, 0.1) is 0 Å². The molecule has 0 aromatic carbocycles. The van der Waals surface area contributed by atoms with Crippen molar-refractivity contribution in [1.82, 2.24) is 9.78 Å². The maximum atomic E-state index is 8.88. The van der Waals surface area contributed by atoms with E-state index in [0.717, 1.165) is 24.2 Å². The molecule has 62 valence electrons. The van der Waals surface area contributed by atoms with Gasteiger partial charge in [0.25, 0.3) is 0 Å². The lowest BCUT2D eigenvalue weighted by Gasteiger charge is -1.90. The minimum Gasteiger partial charge on any atom is -0.390 e. The van der Waals surface area contributed by atoms with E-state index in [2.05, 4.69) is 12.0 Å². The minimum atomic E-state index is 0.0518. The molecule has 0 aliphatic rings. The Labute approximate surface area is 66.7 Å². The maximum absolute atomic E-state index is 8.88. The summed E-state index contributed by atoms with van der Waals surface area (Å²) < 4.78 is 1.85. The third-order valence-electron chi connectivity index (χ3n) is 1.78. The van der Waals surface area contributed by atoms with E-state index >= 15 is 0 Å². The van der Waals surface area contributed by atoms with Gasteiger partial charge in [-0.15, -0.1) is 0 Å². The van der Waals surface area contributed by atoms with E-state index in [4.69, 9.17) is 5.11 Å². The highest BCUT2D eigenvalue weighted by Gasteiger charge is 2.03. The van der Waals surface area contributed by atoms with Crippen LogP contribution >= 0.6 is 0 Å². The van der Waals surface area contributed by atoms with Crippen molar-refractivity contribution in [3.05, 3.63) is 17.5 Å². The summed E-state index contributed by atoms with van der Waals surface area (Å²) in [6.45, 7) is 5.02. The molecule has 1 rings (SSSR count). The van der Waals surface area contributed by atoms with E-state index in [1.807, 2.05) is 17.8 Å². The van der Waals surface area contributed by atoms with Gasteiger partial charge < -0.3 is 5.11 Å². The molecule has 0 amide bonds. The van der Waals surface area contributed by atoms with Gasteiger partial charge >= 0.3 is 0 Å². The van der Waals surface area contributed by atoms with Crippen LogP contribution in [-0.2, 0) is 19.6 Å². The highest BCUT2D eigenvalue weighted by atomic mass is 16.3. The summed E-state index contributed by atoms with van der Waals surface area (Å²) in [5.74, 6) is 0. The second-order valence-corrected chi connectivity index (χ2v) is 2.47. The predicted octanol–water partition coefficient (Wildman–Crippen LogP) is 0.958. The Balaban J connectivity index is 2.92. The van der Waals surface area contributed by atoms with Crippen molar-refractivity contribution in [2.24, 2.45) is 0 Å². The Morgan fingerprint density at radius 3 is 2.64 bits per heavy atom. The van der Waals surface area contributed by atoms with Crippen molar-refractivity contribution in [3.63, 3.8) is 0 Å². The van der Waals surface area contributed by atoms with Gasteiger partial charge in [-0.1, -0.05) is 6.92 Å². The molecule has 0 radical (unpaired) electrons. The fraction of sp³-hybridized carbons (Fsp3) is 0.625. The molecule has 3 heteroatoms.